The maximum Gasteiger partial charge on any atom is 0.449 e. The normalized spacial score (nSPS) is 12.5. The van der Waals surface area contributed by atoms with Crippen LogP contribution in [0.15, 0.2) is 29.1 Å². The van der Waals surface area contributed by atoms with Crippen molar-refractivity contribution in [2.75, 3.05) is 5.73 Å². The summed E-state index contributed by atoms with van der Waals surface area (Å²) in [5.41, 5.74) is 6.70. The first kappa shape index (κ1) is 14.1. The van der Waals surface area contributed by atoms with Gasteiger partial charge in [-0.25, -0.2) is 4.98 Å². The highest BCUT2D eigenvalue weighted by atomic mass is 19.4. The van der Waals surface area contributed by atoms with E-state index in [0.29, 0.717) is 0 Å². The molecule has 0 radical (unpaired) electrons. The fraction of sp³-hybridized carbons (Fsp3) is 0.154. The number of imidazole rings is 1. The summed E-state index contributed by atoms with van der Waals surface area (Å²) in [4.78, 5) is 21.6. The van der Waals surface area contributed by atoms with Gasteiger partial charge in [0.25, 0.3) is 5.56 Å². The van der Waals surface area contributed by atoms with Crippen molar-refractivity contribution in [3.05, 3.63) is 51.6 Å². The van der Waals surface area contributed by atoms with Gasteiger partial charge in [0, 0.05) is 0 Å². The number of hydrogen-bond acceptors (Lipinski definition) is 4. The van der Waals surface area contributed by atoms with E-state index in [0.717, 1.165) is 0 Å². The van der Waals surface area contributed by atoms with Crippen molar-refractivity contribution >= 4 is 17.1 Å². The first-order valence-electron chi connectivity index (χ1n) is 6.24. The molecule has 2 heterocycles. The van der Waals surface area contributed by atoms with Gasteiger partial charge in [0.15, 0.2) is 11.2 Å². The zero-order chi connectivity index (χ0) is 15.9. The van der Waals surface area contributed by atoms with Crippen molar-refractivity contribution < 1.29 is 13.2 Å². The number of nitrogens with one attached hydrogen (secondary N) is 2. The lowest BCUT2D eigenvalue weighted by Gasteiger charge is -1.98. The summed E-state index contributed by atoms with van der Waals surface area (Å²) in [6, 6.07) is 8.53. The van der Waals surface area contributed by atoms with Gasteiger partial charge in [-0.1, -0.05) is 24.3 Å². The van der Waals surface area contributed by atoms with E-state index < -0.39 is 17.6 Å². The molecule has 4 rings (SSSR count). The number of nitrogen functional groups attached to an aromatic ring is 1. The summed E-state index contributed by atoms with van der Waals surface area (Å²) < 4.78 is 36.6. The molecule has 114 valence electrons. The predicted molar refractivity (Wildman–Crippen MR) is 73.2 cm³/mol. The first-order valence-corrected chi connectivity index (χ1v) is 6.24. The Labute approximate surface area is 121 Å². The monoisotopic (exact) mass is 309 g/mol. The number of nitrogens with zero attached hydrogens (tertiary/aromatic N) is 2. The number of fused-ring (bicyclic) bond motifs is 2. The van der Waals surface area contributed by atoms with Crippen LogP contribution in [0.3, 0.4) is 0 Å². The predicted octanol–water partition coefficient (Wildman–Crippen LogP) is 1.84. The molecule has 0 atom stereocenters. The third-order valence-corrected chi connectivity index (χ3v) is 3.02. The van der Waals surface area contributed by atoms with Gasteiger partial charge >= 0.3 is 6.18 Å². The molecule has 0 aliphatic heterocycles. The lowest BCUT2D eigenvalue weighted by molar-refractivity contribution is -0.144. The highest BCUT2D eigenvalue weighted by Gasteiger charge is 2.35. The number of aromatic nitrogens is 4. The molecule has 6 nitrogen and oxygen atoms in total. The number of rotatable bonds is 0. The quantitative estimate of drug-likeness (QED) is 0.461. The van der Waals surface area contributed by atoms with Crippen LogP contribution in [0.2, 0.25) is 0 Å². The van der Waals surface area contributed by atoms with Crippen molar-refractivity contribution in [3.63, 3.8) is 0 Å². The van der Waals surface area contributed by atoms with E-state index in [2.05, 4.69) is 39.2 Å². The third-order valence-electron chi connectivity index (χ3n) is 3.02. The van der Waals surface area contributed by atoms with Gasteiger partial charge in [-0.15, -0.1) is 0 Å². The van der Waals surface area contributed by atoms with E-state index in [-0.39, 0.29) is 17.1 Å². The number of H-pyrrole nitrogens is 2. The molecule has 0 unspecified atom stereocenters. The van der Waals surface area contributed by atoms with E-state index in [1.807, 2.05) is 4.98 Å². The molecule has 22 heavy (non-hydrogen) atoms. The van der Waals surface area contributed by atoms with Crippen LogP contribution in [0.5, 0.6) is 0 Å². The zero-order valence-corrected chi connectivity index (χ0v) is 11.0. The van der Waals surface area contributed by atoms with E-state index in [1.165, 1.54) is 17.5 Å². The molecule has 9 heteroatoms. The number of halogens is 3. The number of aromatic amines is 2. The van der Waals surface area contributed by atoms with E-state index in [9.17, 15) is 18.0 Å². The fourth-order valence-electron chi connectivity index (χ4n) is 1.89. The van der Waals surface area contributed by atoms with E-state index in [4.69, 9.17) is 5.73 Å². The molecule has 2 aromatic heterocycles. The second-order valence-electron chi connectivity index (χ2n) is 4.68. The second kappa shape index (κ2) is 4.86. The maximum atomic E-state index is 12.2. The van der Waals surface area contributed by atoms with Crippen LogP contribution >= 0.6 is 0 Å². The molecular formula is C13H10F3N5O. The molecule has 0 spiro atoms. The number of anilines is 1. The lowest BCUT2D eigenvalue weighted by atomic mass is 10.4. The van der Waals surface area contributed by atoms with Crippen LogP contribution in [0.25, 0.3) is 11.2 Å². The summed E-state index contributed by atoms with van der Waals surface area (Å²) in [6.45, 7) is 0. The summed E-state index contributed by atoms with van der Waals surface area (Å²) in [5.74, 6) is -1.56. The van der Waals surface area contributed by atoms with E-state index >= 15 is 0 Å². The van der Waals surface area contributed by atoms with Crippen molar-refractivity contribution in [2.24, 2.45) is 0 Å². The van der Waals surface area contributed by atoms with Gasteiger partial charge in [0.05, 0.1) is 0 Å². The highest BCUT2D eigenvalue weighted by Crippen LogP contribution is 2.27. The Bertz CT molecular complexity index is 876. The average Bonchev–Trinajstić information content (AvgIpc) is 3.08. The molecule has 0 amide bonds. The third kappa shape index (κ3) is 2.78. The Hall–Kier alpha value is -2.84. The Morgan fingerprint density at radius 2 is 1.73 bits per heavy atom. The Morgan fingerprint density at radius 1 is 1.09 bits per heavy atom. The first-order chi connectivity index (χ1) is 10.3. The van der Waals surface area contributed by atoms with Crippen LogP contribution in [-0.4, -0.2) is 19.9 Å². The molecule has 0 fully saturated rings. The fourth-order valence-corrected chi connectivity index (χ4v) is 1.89. The van der Waals surface area contributed by atoms with Crippen molar-refractivity contribution in [3.8, 4) is 0 Å². The van der Waals surface area contributed by atoms with Gasteiger partial charge < -0.3 is 10.7 Å². The largest absolute Gasteiger partial charge is 0.449 e. The van der Waals surface area contributed by atoms with Crippen LogP contribution in [0.4, 0.5) is 19.1 Å². The standard InChI is InChI=1S/C7H6.C6H4F3N5O/c1-2-4-7-5-6(7)3-1;7-6(8,9)4-11-1-2(12-4)13-5(10)14-3(1)15/h1-4H,5H2;(H4,10,11,12,13,14,15). The SMILES string of the molecule is Nc1nc2nc(C(F)(F)F)[nH]c2c(=O)[nH]1.c1ccc2c(c1)C2. The van der Waals surface area contributed by atoms with Crippen LogP contribution < -0.4 is 11.3 Å². The van der Waals surface area contributed by atoms with Gasteiger partial charge in [0.1, 0.15) is 0 Å². The van der Waals surface area contributed by atoms with Crippen LogP contribution in [0, 0.1) is 0 Å². The van der Waals surface area contributed by atoms with Gasteiger partial charge in [0.2, 0.25) is 11.8 Å². The number of alkyl halides is 3. The zero-order valence-electron chi connectivity index (χ0n) is 11.0. The smallest absolute Gasteiger partial charge is 0.369 e. The molecule has 3 aromatic rings. The molecule has 0 saturated carbocycles. The Kier molecular flexibility index (Phi) is 3.12. The van der Waals surface area contributed by atoms with Crippen LogP contribution in [0.1, 0.15) is 17.0 Å². The molecule has 1 aliphatic rings. The lowest BCUT2D eigenvalue weighted by Crippen LogP contribution is -2.11. The number of benzene rings is 1. The molecule has 4 N–H and O–H groups in total. The Balaban J connectivity index is 0.000000169. The molecule has 0 saturated heterocycles. The minimum absolute atomic E-state index is 0.285. The summed E-state index contributed by atoms with van der Waals surface area (Å²) in [6.07, 6.45) is -3.41. The summed E-state index contributed by atoms with van der Waals surface area (Å²) in [7, 11) is 0. The molecular weight excluding hydrogens is 299 g/mol. The minimum Gasteiger partial charge on any atom is -0.369 e. The topological polar surface area (TPSA) is 100 Å². The van der Waals surface area contributed by atoms with Gasteiger partial charge in [-0.2, -0.15) is 18.2 Å². The van der Waals surface area contributed by atoms with Crippen molar-refractivity contribution in [1.82, 2.24) is 19.9 Å². The van der Waals surface area contributed by atoms with Crippen molar-refractivity contribution in [1.29, 1.82) is 0 Å². The Morgan fingerprint density at radius 3 is 2.27 bits per heavy atom. The number of hydrogen-bond donors (Lipinski definition) is 3. The van der Waals surface area contributed by atoms with Gasteiger partial charge in [-0.3, -0.25) is 9.78 Å². The minimum atomic E-state index is -4.65. The molecule has 1 aromatic carbocycles. The number of nitrogens with two attached hydrogens (primary N) is 1. The molecule has 1 aliphatic carbocycles. The van der Waals surface area contributed by atoms with Gasteiger partial charge in [-0.05, 0) is 17.5 Å². The van der Waals surface area contributed by atoms with Crippen LogP contribution in [-0.2, 0) is 12.6 Å². The highest BCUT2D eigenvalue weighted by molar-refractivity contribution is 5.70. The van der Waals surface area contributed by atoms with Crippen molar-refractivity contribution in [2.45, 2.75) is 12.6 Å². The maximum absolute atomic E-state index is 12.2. The second-order valence-corrected chi connectivity index (χ2v) is 4.68. The average molecular weight is 309 g/mol. The molecule has 0 bridgehead atoms. The summed E-state index contributed by atoms with van der Waals surface area (Å²) in [5, 5.41) is 0. The summed E-state index contributed by atoms with van der Waals surface area (Å²) >= 11 is 0. The van der Waals surface area contributed by atoms with E-state index in [1.54, 1.807) is 0 Å².